The van der Waals surface area contributed by atoms with E-state index < -0.39 is 0 Å². The maximum absolute atomic E-state index is 13.0. The average Bonchev–Trinajstić information content (AvgIpc) is 2.69. The van der Waals surface area contributed by atoms with Crippen LogP contribution in [0.3, 0.4) is 0 Å². The van der Waals surface area contributed by atoms with Crippen LogP contribution in [0.5, 0.6) is 11.5 Å². The molecule has 0 spiro atoms. The first-order valence-corrected chi connectivity index (χ1v) is 8.24. The molecule has 0 radical (unpaired) electrons. The fourth-order valence-corrected chi connectivity index (χ4v) is 2.79. The lowest BCUT2D eigenvalue weighted by Gasteiger charge is -2.12. The van der Waals surface area contributed by atoms with Crippen molar-refractivity contribution in [2.24, 2.45) is 0 Å². The Hall–Kier alpha value is -3.53. The van der Waals surface area contributed by atoms with E-state index in [2.05, 4.69) is 0 Å². The summed E-state index contributed by atoms with van der Waals surface area (Å²) in [5.41, 5.74) is 1.89. The van der Waals surface area contributed by atoms with E-state index in [-0.39, 0.29) is 23.5 Å². The van der Waals surface area contributed by atoms with Crippen LogP contribution in [0.4, 0.5) is 0 Å². The number of ether oxygens (including phenoxy) is 1. The summed E-state index contributed by atoms with van der Waals surface area (Å²) in [6.45, 7) is 0.259. The predicted molar refractivity (Wildman–Crippen MR) is 100 cm³/mol. The van der Waals surface area contributed by atoms with E-state index >= 15 is 0 Å². The maximum atomic E-state index is 13.0. The van der Waals surface area contributed by atoms with Gasteiger partial charge >= 0.3 is 0 Å². The Morgan fingerprint density at radius 3 is 2.31 bits per heavy atom. The SMILES string of the molecule is O=c1c(OCc2ccccc2)c(-c2ccc(O)cc2)oc2ccccc12. The summed E-state index contributed by atoms with van der Waals surface area (Å²) in [5, 5.41) is 10.00. The third kappa shape index (κ3) is 3.05. The minimum absolute atomic E-state index is 0.142. The molecule has 4 rings (SSSR count). The highest BCUT2D eigenvalue weighted by Gasteiger charge is 2.17. The van der Waals surface area contributed by atoms with Crippen molar-refractivity contribution in [1.82, 2.24) is 0 Å². The van der Waals surface area contributed by atoms with E-state index in [4.69, 9.17) is 9.15 Å². The van der Waals surface area contributed by atoms with Gasteiger partial charge in [-0.2, -0.15) is 0 Å². The number of benzene rings is 3. The van der Waals surface area contributed by atoms with Crippen LogP contribution in [0, 0.1) is 0 Å². The van der Waals surface area contributed by atoms with Gasteiger partial charge in [0.15, 0.2) is 5.76 Å². The van der Waals surface area contributed by atoms with E-state index in [9.17, 15) is 9.90 Å². The Kier molecular flexibility index (Phi) is 4.15. The Morgan fingerprint density at radius 1 is 0.846 bits per heavy atom. The van der Waals surface area contributed by atoms with Crippen molar-refractivity contribution in [3.8, 4) is 22.8 Å². The van der Waals surface area contributed by atoms with Gasteiger partial charge in [-0.3, -0.25) is 4.79 Å². The molecule has 0 fully saturated rings. The Morgan fingerprint density at radius 2 is 1.54 bits per heavy atom. The van der Waals surface area contributed by atoms with Crippen molar-refractivity contribution in [1.29, 1.82) is 0 Å². The highest BCUT2D eigenvalue weighted by molar-refractivity contribution is 5.82. The van der Waals surface area contributed by atoms with Gasteiger partial charge in [0.05, 0.1) is 5.39 Å². The molecule has 1 aromatic heterocycles. The topological polar surface area (TPSA) is 59.7 Å². The number of phenolic OH excluding ortho intramolecular Hbond substituents is 1. The molecular weight excluding hydrogens is 328 g/mol. The largest absolute Gasteiger partial charge is 0.508 e. The molecule has 128 valence electrons. The van der Waals surface area contributed by atoms with E-state index in [0.717, 1.165) is 5.56 Å². The molecule has 0 aliphatic rings. The maximum Gasteiger partial charge on any atom is 0.235 e. The summed E-state index contributed by atoms with van der Waals surface area (Å²) in [6.07, 6.45) is 0. The molecule has 1 heterocycles. The fraction of sp³-hybridized carbons (Fsp3) is 0.0455. The van der Waals surface area contributed by atoms with Crippen molar-refractivity contribution in [3.05, 3.63) is 94.6 Å². The van der Waals surface area contributed by atoms with Crippen molar-refractivity contribution in [3.63, 3.8) is 0 Å². The molecule has 0 atom stereocenters. The first kappa shape index (κ1) is 16.0. The zero-order chi connectivity index (χ0) is 17.9. The first-order chi connectivity index (χ1) is 12.7. The van der Waals surface area contributed by atoms with Gasteiger partial charge in [-0.1, -0.05) is 42.5 Å². The average molecular weight is 344 g/mol. The quantitative estimate of drug-likeness (QED) is 0.581. The van der Waals surface area contributed by atoms with E-state index in [1.165, 1.54) is 0 Å². The molecule has 4 aromatic rings. The van der Waals surface area contributed by atoms with Crippen LogP contribution in [0.1, 0.15) is 5.56 Å². The zero-order valence-electron chi connectivity index (χ0n) is 13.9. The van der Waals surface area contributed by atoms with Crippen molar-refractivity contribution >= 4 is 11.0 Å². The smallest absolute Gasteiger partial charge is 0.235 e. The second kappa shape index (κ2) is 6.76. The monoisotopic (exact) mass is 344 g/mol. The summed E-state index contributed by atoms with van der Waals surface area (Å²) in [6, 6.07) is 23.2. The minimum atomic E-state index is -0.217. The van der Waals surface area contributed by atoms with Crippen LogP contribution in [0.15, 0.2) is 88.1 Å². The lowest BCUT2D eigenvalue weighted by molar-refractivity contribution is 0.298. The number of hydrogen-bond acceptors (Lipinski definition) is 4. The molecule has 0 aliphatic carbocycles. The molecule has 0 aliphatic heterocycles. The van der Waals surface area contributed by atoms with Crippen molar-refractivity contribution in [2.45, 2.75) is 6.61 Å². The number of phenols is 1. The van der Waals surface area contributed by atoms with Crippen LogP contribution in [-0.2, 0) is 6.61 Å². The normalized spacial score (nSPS) is 10.8. The molecule has 1 N–H and O–H groups in total. The minimum Gasteiger partial charge on any atom is -0.508 e. The van der Waals surface area contributed by atoms with Gasteiger partial charge in [-0.05, 0) is 42.0 Å². The molecule has 0 saturated carbocycles. The molecule has 0 amide bonds. The number of hydrogen-bond donors (Lipinski definition) is 1. The summed E-state index contributed by atoms with van der Waals surface area (Å²) >= 11 is 0. The number of rotatable bonds is 4. The molecule has 3 aromatic carbocycles. The lowest BCUT2D eigenvalue weighted by atomic mass is 10.1. The standard InChI is InChI=1S/C22H16O4/c23-17-12-10-16(11-13-17)21-22(25-14-15-6-2-1-3-7-15)20(24)18-8-4-5-9-19(18)26-21/h1-13,23H,14H2. The van der Waals surface area contributed by atoms with Crippen molar-refractivity contribution < 1.29 is 14.3 Å². The second-order valence-electron chi connectivity index (χ2n) is 5.91. The van der Waals surface area contributed by atoms with Gasteiger partial charge in [0.1, 0.15) is 17.9 Å². The third-order valence-corrected chi connectivity index (χ3v) is 4.11. The number of fused-ring (bicyclic) bond motifs is 1. The molecular formula is C22H16O4. The third-order valence-electron chi connectivity index (χ3n) is 4.11. The van der Waals surface area contributed by atoms with Crippen LogP contribution in [0.25, 0.3) is 22.3 Å². The molecule has 0 unspecified atom stereocenters. The van der Waals surface area contributed by atoms with Gasteiger partial charge < -0.3 is 14.3 Å². The van der Waals surface area contributed by atoms with Gasteiger partial charge in [0.25, 0.3) is 0 Å². The van der Waals surface area contributed by atoms with E-state index in [1.54, 1.807) is 42.5 Å². The molecule has 4 heteroatoms. The summed E-state index contributed by atoms with van der Waals surface area (Å²) in [5.74, 6) is 0.659. The Bertz CT molecular complexity index is 1100. The van der Waals surface area contributed by atoms with Crippen LogP contribution in [-0.4, -0.2) is 5.11 Å². The Balaban J connectivity index is 1.85. The van der Waals surface area contributed by atoms with Crippen molar-refractivity contribution in [2.75, 3.05) is 0 Å². The Labute approximate surface area is 149 Å². The van der Waals surface area contributed by atoms with Crippen LogP contribution >= 0.6 is 0 Å². The molecule has 26 heavy (non-hydrogen) atoms. The second-order valence-corrected chi connectivity index (χ2v) is 5.91. The van der Waals surface area contributed by atoms with Crippen LogP contribution < -0.4 is 10.2 Å². The lowest BCUT2D eigenvalue weighted by Crippen LogP contribution is -2.10. The molecule has 0 bridgehead atoms. The van der Waals surface area contributed by atoms with E-state index in [0.29, 0.717) is 22.3 Å². The first-order valence-electron chi connectivity index (χ1n) is 8.24. The molecule has 4 nitrogen and oxygen atoms in total. The summed E-state index contributed by atoms with van der Waals surface area (Å²) in [7, 11) is 0. The van der Waals surface area contributed by atoms with Gasteiger partial charge in [-0.15, -0.1) is 0 Å². The fourth-order valence-electron chi connectivity index (χ4n) is 2.79. The molecule has 0 saturated heterocycles. The highest BCUT2D eigenvalue weighted by Crippen LogP contribution is 2.32. The number of para-hydroxylation sites is 1. The predicted octanol–water partition coefficient (Wildman–Crippen LogP) is 4.74. The summed E-state index contributed by atoms with van der Waals surface area (Å²) < 4.78 is 11.9. The number of aromatic hydroxyl groups is 1. The highest BCUT2D eigenvalue weighted by atomic mass is 16.5. The summed E-state index contributed by atoms with van der Waals surface area (Å²) in [4.78, 5) is 13.0. The van der Waals surface area contributed by atoms with Gasteiger partial charge in [0.2, 0.25) is 11.2 Å². The zero-order valence-corrected chi connectivity index (χ0v) is 13.9. The van der Waals surface area contributed by atoms with Crippen LogP contribution in [0.2, 0.25) is 0 Å². The van der Waals surface area contributed by atoms with Gasteiger partial charge in [-0.25, -0.2) is 0 Å². The van der Waals surface area contributed by atoms with Gasteiger partial charge in [0, 0.05) is 5.56 Å². The van der Waals surface area contributed by atoms with E-state index in [1.807, 2.05) is 36.4 Å².